The molecule has 3 N–H and O–H groups in total. The van der Waals surface area contributed by atoms with Gasteiger partial charge in [-0.15, -0.1) is 0 Å². The minimum atomic E-state index is 0.236. The third-order valence-electron chi connectivity index (χ3n) is 1.63. The predicted octanol–water partition coefficient (Wildman–Crippen LogP) is 0.295. The highest BCUT2D eigenvalue weighted by atomic mass is 32.2. The molecule has 1 rings (SSSR count). The first-order valence-electron chi connectivity index (χ1n) is 4.55. The molecule has 1 aromatic heterocycles. The summed E-state index contributed by atoms with van der Waals surface area (Å²) in [6.07, 6.45) is 2.05. The summed E-state index contributed by atoms with van der Waals surface area (Å²) in [4.78, 5) is 14.0. The van der Waals surface area contributed by atoms with Crippen molar-refractivity contribution in [3.8, 4) is 0 Å². The van der Waals surface area contributed by atoms with Gasteiger partial charge in [0.1, 0.15) is 0 Å². The van der Waals surface area contributed by atoms with Crippen LogP contribution in [0.5, 0.6) is 0 Å². The normalized spacial score (nSPS) is 10.1. The predicted molar refractivity (Wildman–Crippen MR) is 65.4 cm³/mol. The Morgan fingerprint density at radius 1 is 1.33 bits per heavy atom. The molecule has 1 heterocycles. The average molecular weight is 228 g/mol. The van der Waals surface area contributed by atoms with E-state index in [2.05, 4.69) is 26.5 Å². The van der Waals surface area contributed by atoms with Crippen LogP contribution in [-0.2, 0) is 0 Å². The fourth-order valence-corrected chi connectivity index (χ4v) is 1.23. The van der Waals surface area contributed by atoms with Crippen molar-refractivity contribution < 1.29 is 0 Å². The van der Waals surface area contributed by atoms with E-state index >= 15 is 0 Å². The lowest BCUT2D eigenvalue weighted by Gasteiger charge is -2.11. The van der Waals surface area contributed by atoms with Gasteiger partial charge in [-0.05, 0) is 6.26 Å². The lowest BCUT2D eigenvalue weighted by molar-refractivity contribution is 0.957. The minimum Gasteiger partial charge on any atom is -0.368 e. The van der Waals surface area contributed by atoms with E-state index in [9.17, 15) is 0 Å². The first kappa shape index (κ1) is 11.8. The van der Waals surface area contributed by atoms with Crippen LogP contribution in [0.4, 0.5) is 17.8 Å². The third-order valence-corrected chi connectivity index (χ3v) is 2.24. The minimum absolute atomic E-state index is 0.236. The number of thioether (sulfide) groups is 1. The molecule has 0 aliphatic rings. The molecule has 0 spiro atoms. The maximum absolute atomic E-state index is 5.57. The molecule has 0 unspecified atom stereocenters. The van der Waals surface area contributed by atoms with Crippen LogP contribution in [0.1, 0.15) is 0 Å². The van der Waals surface area contributed by atoms with Crippen molar-refractivity contribution in [2.45, 2.75) is 0 Å². The van der Waals surface area contributed by atoms with Crippen LogP contribution in [0.2, 0.25) is 0 Å². The van der Waals surface area contributed by atoms with Crippen molar-refractivity contribution >= 4 is 29.6 Å². The van der Waals surface area contributed by atoms with Gasteiger partial charge in [-0.3, -0.25) is 0 Å². The first-order valence-corrected chi connectivity index (χ1v) is 5.94. The summed E-state index contributed by atoms with van der Waals surface area (Å²) in [5, 5.41) is 3.09. The van der Waals surface area contributed by atoms with E-state index < -0.39 is 0 Å². The van der Waals surface area contributed by atoms with Crippen molar-refractivity contribution in [2.24, 2.45) is 0 Å². The first-order chi connectivity index (χ1) is 7.13. The molecule has 0 saturated heterocycles. The van der Waals surface area contributed by atoms with Gasteiger partial charge in [-0.25, -0.2) is 0 Å². The van der Waals surface area contributed by atoms with Gasteiger partial charge < -0.3 is 16.0 Å². The summed E-state index contributed by atoms with van der Waals surface area (Å²) >= 11 is 1.76. The second kappa shape index (κ2) is 5.59. The lowest BCUT2D eigenvalue weighted by atomic mass is 10.7. The number of nitrogens with two attached hydrogens (primary N) is 1. The molecule has 0 fully saturated rings. The number of nitrogens with one attached hydrogen (secondary N) is 1. The SMILES string of the molecule is CSCCNc1nc(N)nc(N(C)C)n1. The molecule has 6 nitrogen and oxygen atoms in total. The van der Waals surface area contributed by atoms with Crippen LogP contribution >= 0.6 is 11.8 Å². The Balaban J connectivity index is 2.71. The molecule has 0 aromatic carbocycles. The van der Waals surface area contributed by atoms with E-state index in [0.29, 0.717) is 11.9 Å². The lowest BCUT2D eigenvalue weighted by Crippen LogP contribution is -2.17. The van der Waals surface area contributed by atoms with Crippen molar-refractivity contribution in [1.29, 1.82) is 0 Å². The van der Waals surface area contributed by atoms with E-state index in [1.54, 1.807) is 16.7 Å². The number of anilines is 3. The Labute approximate surface area is 93.7 Å². The van der Waals surface area contributed by atoms with Crippen LogP contribution in [0.15, 0.2) is 0 Å². The van der Waals surface area contributed by atoms with E-state index in [-0.39, 0.29) is 5.95 Å². The number of aromatic nitrogens is 3. The van der Waals surface area contributed by atoms with Gasteiger partial charge >= 0.3 is 0 Å². The highest BCUT2D eigenvalue weighted by molar-refractivity contribution is 7.98. The highest BCUT2D eigenvalue weighted by Gasteiger charge is 2.04. The van der Waals surface area contributed by atoms with Crippen molar-refractivity contribution in [3.05, 3.63) is 0 Å². The molecule has 0 atom stereocenters. The number of hydrogen-bond acceptors (Lipinski definition) is 7. The van der Waals surface area contributed by atoms with Crippen LogP contribution in [-0.4, -0.2) is 47.6 Å². The smallest absolute Gasteiger partial charge is 0.231 e. The topological polar surface area (TPSA) is 80.0 Å². The molecular weight excluding hydrogens is 212 g/mol. The van der Waals surface area contributed by atoms with Crippen LogP contribution in [0.25, 0.3) is 0 Å². The second-order valence-corrected chi connectivity index (χ2v) is 4.12. The fourth-order valence-electron chi connectivity index (χ4n) is 0.925. The number of nitrogen functional groups attached to an aromatic ring is 1. The molecule has 84 valence electrons. The Bertz CT molecular complexity index is 316. The molecule has 0 aliphatic carbocycles. The maximum atomic E-state index is 5.57. The fraction of sp³-hybridized carbons (Fsp3) is 0.625. The molecule has 0 saturated carbocycles. The largest absolute Gasteiger partial charge is 0.368 e. The van der Waals surface area contributed by atoms with E-state index in [0.717, 1.165) is 12.3 Å². The zero-order valence-electron chi connectivity index (χ0n) is 9.19. The summed E-state index contributed by atoms with van der Waals surface area (Å²) in [7, 11) is 3.72. The summed E-state index contributed by atoms with van der Waals surface area (Å²) < 4.78 is 0. The Kier molecular flexibility index (Phi) is 4.41. The van der Waals surface area contributed by atoms with Gasteiger partial charge in [0.15, 0.2) is 0 Å². The summed E-state index contributed by atoms with van der Waals surface area (Å²) in [5.41, 5.74) is 5.57. The van der Waals surface area contributed by atoms with Crippen LogP contribution in [0, 0.1) is 0 Å². The zero-order valence-corrected chi connectivity index (χ0v) is 10.0. The molecule has 15 heavy (non-hydrogen) atoms. The molecule has 0 bridgehead atoms. The van der Waals surface area contributed by atoms with Crippen molar-refractivity contribution in [2.75, 3.05) is 48.6 Å². The maximum Gasteiger partial charge on any atom is 0.231 e. The quantitative estimate of drug-likeness (QED) is 0.701. The summed E-state index contributed by atoms with van der Waals surface area (Å²) in [6, 6.07) is 0. The monoisotopic (exact) mass is 228 g/mol. The number of nitrogens with zero attached hydrogens (tertiary/aromatic N) is 4. The van der Waals surface area contributed by atoms with E-state index in [4.69, 9.17) is 5.73 Å². The van der Waals surface area contributed by atoms with Gasteiger partial charge in [0.2, 0.25) is 17.8 Å². The van der Waals surface area contributed by atoms with E-state index in [1.165, 1.54) is 0 Å². The Morgan fingerprint density at radius 3 is 2.67 bits per heavy atom. The van der Waals surface area contributed by atoms with Crippen molar-refractivity contribution in [3.63, 3.8) is 0 Å². The van der Waals surface area contributed by atoms with Gasteiger partial charge in [-0.1, -0.05) is 0 Å². The zero-order chi connectivity index (χ0) is 11.3. The average Bonchev–Trinajstić information content (AvgIpc) is 2.17. The number of rotatable bonds is 5. The second-order valence-electron chi connectivity index (χ2n) is 3.13. The molecule has 0 amide bonds. The molecule has 1 aromatic rings. The molecule has 7 heteroatoms. The highest BCUT2D eigenvalue weighted by Crippen LogP contribution is 2.08. The van der Waals surface area contributed by atoms with Gasteiger partial charge in [-0.2, -0.15) is 26.7 Å². The molecule has 0 radical (unpaired) electrons. The molecule has 0 aliphatic heterocycles. The van der Waals surface area contributed by atoms with Crippen molar-refractivity contribution in [1.82, 2.24) is 15.0 Å². The standard InChI is InChI=1S/C8H16N6S/c1-14(2)8-12-6(9)11-7(13-8)10-4-5-15-3/h4-5H2,1-3H3,(H3,9,10,11,12,13). The third kappa shape index (κ3) is 3.78. The Hall–Kier alpha value is -1.24. The Morgan fingerprint density at radius 2 is 2.07 bits per heavy atom. The van der Waals surface area contributed by atoms with E-state index in [1.807, 2.05) is 14.1 Å². The van der Waals surface area contributed by atoms with Crippen LogP contribution < -0.4 is 16.0 Å². The van der Waals surface area contributed by atoms with Gasteiger partial charge in [0.25, 0.3) is 0 Å². The summed E-state index contributed by atoms with van der Waals surface area (Å²) in [6.45, 7) is 0.817. The van der Waals surface area contributed by atoms with Gasteiger partial charge in [0, 0.05) is 26.4 Å². The van der Waals surface area contributed by atoms with Crippen LogP contribution in [0.3, 0.4) is 0 Å². The van der Waals surface area contributed by atoms with Gasteiger partial charge in [0.05, 0.1) is 0 Å². The summed E-state index contributed by atoms with van der Waals surface area (Å²) in [5.74, 6) is 2.33. The number of hydrogen-bond donors (Lipinski definition) is 2. The molecular formula is C8H16N6S.